The van der Waals surface area contributed by atoms with Crippen molar-refractivity contribution in [2.45, 2.75) is 39.3 Å². The fraction of sp³-hybridized carbons (Fsp3) is 0.346. The third-order valence-electron chi connectivity index (χ3n) is 5.79. The number of nitrogens with zero attached hydrogens (tertiary/aromatic N) is 4. The first-order valence-electron chi connectivity index (χ1n) is 11.7. The molecule has 1 aliphatic rings. The number of rotatable bonds is 7. The molecule has 0 aliphatic carbocycles. The van der Waals surface area contributed by atoms with Gasteiger partial charge in [-0.2, -0.15) is 4.99 Å². The maximum absolute atomic E-state index is 13.5. The molecule has 1 saturated heterocycles. The van der Waals surface area contributed by atoms with Gasteiger partial charge >= 0.3 is 5.97 Å². The molecule has 10 nitrogen and oxygen atoms in total. The molecule has 1 fully saturated rings. The normalized spacial score (nSPS) is 16.5. The van der Waals surface area contributed by atoms with Crippen molar-refractivity contribution in [1.29, 1.82) is 0 Å². The van der Waals surface area contributed by atoms with Crippen molar-refractivity contribution in [2.75, 3.05) is 20.3 Å². The number of hydrogen-bond acceptors (Lipinski definition) is 7. The van der Waals surface area contributed by atoms with Gasteiger partial charge in [-0.05, 0) is 50.5 Å². The van der Waals surface area contributed by atoms with Crippen LogP contribution < -0.4 is 11.0 Å². The van der Waals surface area contributed by atoms with Crippen molar-refractivity contribution in [1.82, 2.24) is 14.0 Å². The van der Waals surface area contributed by atoms with Gasteiger partial charge in [0, 0.05) is 18.9 Å². The molecule has 1 amide bonds. The number of aromatic nitrogens is 3. The van der Waals surface area contributed by atoms with Crippen molar-refractivity contribution in [3.05, 3.63) is 75.9 Å². The lowest BCUT2D eigenvalue weighted by Crippen LogP contribution is -2.35. The van der Waals surface area contributed by atoms with Crippen LogP contribution in [0.2, 0.25) is 0 Å². The zero-order valence-electron chi connectivity index (χ0n) is 20.5. The SMILES string of the molecule is CCOC(=O)c1cc2c(=O)n3cccc(C)c3nc2n(C[C@@H]2CCCO2)c1=NC(=O)/C=C/C=C/OC. The second-order valence-corrected chi connectivity index (χ2v) is 8.26. The first-order chi connectivity index (χ1) is 17.4. The van der Waals surface area contributed by atoms with Gasteiger partial charge < -0.3 is 18.8 Å². The van der Waals surface area contributed by atoms with E-state index in [1.165, 1.54) is 42.1 Å². The Hall–Kier alpha value is -4.05. The maximum Gasteiger partial charge on any atom is 0.341 e. The topological polar surface area (TPSA) is 113 Å². The van der Waals surface area contributed by atoms with Crippen LogP contribution in [0.25, 0.3) is 16.7 Å². The number of ether oxygens (including phenoxy) is 3. The average molecular weight is 493 g/mol. The molecule has 0 spiro atoms. The summed E-state index contributed by atoms with van der Waals surface area (Å²) < 4.78 is 19.0. The van der Waals surface area contributed by atoms with Crippen LogP contribution in [0.5, 0.6) is 0 Å². The number of fused-ring (bicyclic) bond motifs is 2. The van der Waals surface area contributed by atoms with Crippen molar-refractivity contribution in [3.63, 3.8) is 0 Å². The highest BCUT2D eigenvalue weighted by Gasteiger charge is 2.23. The molecule has 0 N–H and O–H groups in total. The van der Waals surface area contributed by atoms with E-state index in [1.54, 1.807) is 23.8 Å². The fourth-order valence-electron chi connectivity index (χ4n) is 4.14. The van der Waals surface area contributed by atoms with E-state index in [0.717, 1.165) is 18.4 Å². The molecule has 0 bridgehead atoms. The summed E-state index contributed by atoms with van der Waals surface area (Å²) in [7, 11) is 1.49. The van der Waals surface area contributed by atoms with Gasteiger partial charge in [0.2, 0.25) is 0 Å². The molecule has 4 heterocycles. The Balaban J connectivity index is 2.07. The minimum absolute atomic E-state index is 0.00281. The smallest absolute Gasteiger partial charge is 0.341 e. The van der Waals surface area contributed by atoms with E-state index in [-0.39, 0.29) is 41.3 Å². The van der Waals surface area contributed by atoms with Crippen molar-refractivity contribution in [2.24, 2.45) is 4.99 Å². The molecular weight excluding hydrogens is 464 g/mol. The highest BCUT2D eigenvalue weighted by molar-refractivity contribution is 5.94. The lowest BCUT2D eigenvalue weighted by Gasteiger charge is -2.18. The summed E-state index contributed by atoms with van der Waals surface area (Å²) >= 11 is 0. The van der Waals surface area contributed by atoms with Crippen LogP contribution >= 0.6 is 0 Å². The highest BCUT2D eigenvalue weighted by Crippen LogP contribution is 2.18. The largest absolute Gasteiger partial charge is 0.504 e. The molecule has 36 heavy (non-hydrogen) atoms. The molecular formula is C26H28N4O6. The van der Waals surface area contributed by atoms with Gasteiger partial charge in [-0.15, -0.1) is 0 Å². The molecule has 3 aromatic heterocycles. The lowest BCUT2D eigenvalue weighted by atomic mass is 10.1. The number of amides is 1. The molecule has 1 aliphatic heterocycles. The van der Waals surface area contributed by atoms with Gasteiger partial charge in [0.15, 0.2) is 5.49 Å². The number of pyridine rings is 2. The van der Waals surface area contributed by atoms with Crippen molar-refractivity contribution < 1.29 is 23.8 Å². The quantitative estimate of drug-likeness (QED) is 0.164. The van der Waals surface area contributed by atoms with Gasteiger partial charge in [0.25, 0.3) is 11.5 Å². The van der Waals surface area contributed by atoms with Crippen LogP contribution in [-0.2, 0) is 25.5 Å². The number of allylic oxidation sites excluding steroid dienone is 2. The zero-order valence-corrected chi connectivity index (χ0v) is 20.5. The van der Waals surface area contributed by atoms with Crippen molar-refractivity contribution >= 4 is 28.6 Å². The number of esters is 1. The number of hydrogen-bond donors (Lipinski definition) is 0. The van der Waals surface area contributed by atoms with Gasteiger partial charge in [-0.3, -0.25) is 14.0 Å². The third kappa shape index (κ3) is 5.13. The van der Waals surface area contributed by atoms with Crippen LogP contribution in [0.1, 0.15) is 35.7 Å². The van der Waals surface area contributed by atoms with E-state index in [4.69, 9.17) is 19.2 Å². The Morgan fingerprint density at radius 2 is 2.14 bits per heavy atom. The molecule has 188 valence electrons. The van der Waals surface area contributed by atoms with E-state index < -0.39 is 11.9 Å². The number of methoxy groups -OCH3 is 1. The standard InChI is InChI=1S/C26H28N4O6/c1-4-35-26(33)20-15-19-23(28-22-17(2)9-7-12-29(22)25(19)32)30(16-18-10-8-14-36-18)24(20)27-21(31)11-5-6-13-34-3/h5-7,9,11-13,15,18H,4,8,10,14,16H2,1-3H3/b11-5+,13-6+,27-24?/t18-/m0/s1. The number of carbonyl (C=O) groups excluding carboxylic acids is 2. The van der Waals surface area contributed by atoms with E-state index in [0.29, 0.717) is 17.9 Å². The second kappa shape index (κ2) is 11.1. The summed E-state index contributed by atoms with van der Waals surface area (Å²) in [5.74, 6) is -1.29. The minimum atomic E-state index is -0.691. The monoisotopic (exact) mass is 492 g/mol. The number of carbonyl (C=O) groups is 2. The van der Waals surface area contributed by atoms with E-state index in [1.807, 2.05) is 13.0 Å². The molecule has 3 aromatic rings. The highest BCUT2D eigenvalue weighted by atomic mass is 16.5. The summed E-state index contributed by atoms with van der Waals surface area (Å²) in [6.45, 7) is 4.53. The second-order valence-electron chi connectivity index (χ2n) is 8.26. The Labute approximate surface area is 207 Å². The Morgan fingerprint density at radius 1 is 1.31 bits per heavy atom. The van der Waals surface area contributed by atoms with Crippen LogP contribution in [0, 0.1) is 6.92 Å². The lowest BCUT2D eigenvalue weighted by molar-refractivity contribution is -0.113. The molecule has 0 radical (unpaired) electrons. The summed E-state index contributed by atoms with van der Waals surface area (Å²) in [4.78, 5) is 48.3. The number of aryl methyl sites for hydroxylation is 1. The van der Waals surface area contributed by atoms with Crippen LogP contribution in [0.4, 0.5) is 0 Å². The summed E-state index contributed by atoms with van der Waals surface area (Å²) in [6, 6.07) is 5.03. The first kappa shape index (κ1) is 25.1. The maximum atomic E-state index is 13.5. The van der Waals surface area contributed by atoms with Gasteiger partial charge in [0.1, 0.15) is 16.9 Å². The summed E-state index contributed by atoms with van der Waals surface area (Å²) in [5, 5.41) is 0.212. The predicted molar refractivity (Wildman–Crippen MR) is 132 cm³/mol. The van der Waals surface area contributed by atoms with Crippen LogP contribution in [0.3, 0.4) is 0 Å². The van der Waals surface area contributed by atoms with Crippen LogP contribution in [-0.4, -0.2) is 52.3 Å². The van der Waals surface area contributed by atoms with E-state index in [9.17, 15) is 14.4 Å². The molecule has 4 rings (SSSR count). The molecule has 10 heteroatoms. The minimum Gasteiger partial charge on any atom is -0.504 e. The molecule has 0 saturated carbocycles. The predicted octanol–water partition coefficient (Wildman–Crippen LogP) is 2.46. The molecule has 1 atom stereocenters. The fourth-order valence-corrected chi connectivity index (χ4v) is 4.14. The Kier molecular flexibility index (Phi) is 7.74. The Morgan fingerprint density at radius 3 is 2.86 bits per heavy atom. The van der Waals surface area contributed by atoms with Crippen molar-refractivity contribution in [3.8, 4) is 0 Å². The molecule has 0 unspecified atom stereocenters. The Bertz CT molecular complexity index is 1490. The van der Waals surface area contributed by atoms with E-state index in [2.05, 4.69) is 4.99 Å². The van der Waals surface area contributed by atoms with E-state index >= 15 is 0 Å². The summed E-state index contributed by atoms with van der Waals surface area (Å²) in [6.07, 6.45) is 8.80. The summed E-state index contributed by atoms with van der Waals surface area (Å²) in [5.41, 5.74) is 1.31. The zero-order chi connectivity index (χ0) is 25.7. The third-order valence-corrected chi connectivity index (χ3v) is 5.79. The van der Waals surface area contributed by atoms with Gasteiger partial charge in [0.05, 0.1) is 38.0 Å². The van der Waals surface area contributed by atoms with Gasteiger partial charge in [-0.25, -0.2) is 9.78 Å². The first-order valence-corrected chi connectivity index (χ1v) is 11.7. The van der Waals surface area contributed by atoms with Crippen LogP contribution in [0.15, 0.2) is 58.7 Å². The average Bonchev–Trinajstić information content (AvgIpc) is 3.37. The van der Waals surface area contributed by atoms with Gasteiger partial charge in [-0.1, -0.05) is 12.1 Å². The molecule has 0 aromatic carbocycles.